The van der Waals surface area contributed by atoms with Crippen LogP contribution >= 0.6 is 22.9 Å². The van der Waals surface area contributed by atoms with Crippen molar-refractivity contribution in [3.05, 3.63) is 81.1 Å². The lowest BCUT2D eigenvalue weighted by atomic mass is 10.0. The van der Waals surface area contributed by atoms with Crippen molar-refractivity contribution in [2.24, 2.45) is 0 Å². The molecule has 7 rings (SSSR count). The number of fused-ring (bicyclic) bond motifs is 1. The number of carbonyl (C=O) groups excluding carboxylic acids is 6. The molecule has 6 amide bonds. The van der Waals surface area contributed by atoms with E-state index in [1.54, 1.807) is 36.1 Å². The number of hydrogen-bond acceptors (Lipinski definition) is 14. The van der Waals surface area contributed by atoms with E-state index in [0.29, 0.717) is 64.4 Å². The second kappa shape index (κ2) is 17.0. The quantitative estimate of drug-likeness (QED) is 0.130. The number of nitrogens with one attached hydrogen (secondary N) is 3. The maximum atomic E-state index is 13.3. The van der Waals surface area contributed by atoms with E-state index in [0.717, 1.165) is 10.5 Å². The van der Waals surface area contributed by atoms with Crippen LogP contribution in [0.5, 0.6) is 5.75 Å². The van der Waals surface area contributed by atoms with Crippen molar-refractivity contribution < 1.29 is 38.2 Å². The highest BCUT2D eigenvalue weighted by atomic mass is 35.5. The number of ether oxygens (including phenoxy) is 2. The zero-order valence-electron chi connectivity index (χ0n) is 31.0. The standard InChI is InChI=1S/C38H38ClN9O8S/c1-21-5-3-7-24(39)33(21)45-35(52)27-20-40-38(57-27)43-28-19-29(42-22(2)41-28)46-12-14-47(15-13-46)31(50)11-16-55-17-18-56-26-8-4-6-23-32(26)37(54)48(36(23)53)25-9-10-30(49)44-34(25)51/h3-8,19-20,25H,9-18H2,1-2H3,(H,45,52)(H,44,49,51)(H,40,41,42,43). The van der Waals surface area contributed by atoms with Gasteiger partial charge in [0.05, 0.1) is 47.7 Å². The van der Waals surface area contributed by atoms with E-state index in [1.165, 1.54) is 23.6 Å². The van der Waals surface area contributed by atoms with Crippen molar-refractivity contribution in [2.75, 3.05) is 61.5 Å². The summed E-state index contributed by atoms with van der Waals surface area (Å²) >= 11 is 7.45. The number of piperazine rings is 1. The number of anilines is 4. The van der Waals surface area contributed by atoms with Gasteiger partial charge in [0.25, 0.3) is 17.7 Å². The summed E-state index contributed by atoms with van der Waals surface area (Å²) < 4.78 is 11.4. The van der Waals surface area contributed by atoms with Gasteiger partial charge in [-0.25, -0.2) is 15.0 Å². The number of aryl methyl sites for hydroxylation is 2. The predicted octanol–water partition coefficient (Wildman–Crippen LogP) is 3.73. The maximum absolute atomic E-state index is 13.3. The molecule has 0 spiro atoms. The Morgan fingerprint density at radius 3 is 2.54 bits per heavy atom. The molecule has 1 unspecified atom stereocenters. The summed E-state index contributed by atoms with van der Waals surface area (Å²) in [4.78, 5) is 94.7. The molecule has 0 radical (unpaired) electrons. The summed E-state index contributed by atoms with van der Waals surface area (Å²) in [5, 5.41) is 9.14. The number of thiazole rings is 1. The van der Waals surface area contributed by atoms with Gasteiger partial charge >= 0.3 is 0 Å². The fourth-order valence-electron chi connectivity index (χ4n) is 6.71. The largest absolute Gasteiger partial charge is 0.490 e. The lowest BCUT2D eigenvalue weighted by Crippen LogP contribution is -2.54. The number of piperidine rings is 1. The van der Waals surface area contributed by atoms with Crippen LogP contribution in [0.15, 0.2) is 48.7 Å². The Hall–Kier alpha value is -5.98. The highest BCUT2D eigenvalue weighted by molar-refractivity contribution is 7.17. The first-order chi connectivity index (χ1) is 27.5. The first-order valence-electron chi connectivity index (χ1n) is 18.2. The SMILES string of the molecule is Cc1nc(Nc2ncc(C(=O)Nc3c(C)cccc3Cl)s2)cc(N2CCN(C(=O)CCOCCOc3cccc4c3C(=O)N(C3CCC(=O)NC3=O)C4=O)CC2)n1. The number of imide groups is 2. The van der Waals surface area contributed by atoms with Gasteiger partial charge in [-0.15, -0.1) is 0 Å². The van der Waals surface area contributed by atoms with Crippen molar-refractivity contribution in [3.63, 3.8) is 0 Å². The number of hydrogen-bond donors (Lipinski definition) is 3. The average Bonchev–Trinajstić information content (AvgIpc) is 3.76. The van der Waals surface area contributed by atoms with Crippen LogP contribution in [0.2, 0.25) is 5.02 Å². The number of halogens is 1. The number of nitrogens with zero attached hydrogens (tertiary/aromatic N) is 6. The number of carbonyl (C=O) groups is 6. The Balaban J connectivity index is 0.842. The Morgan fingerprint density at radius 1 is 0.982 bits per heavy atom. The second-order valence-electron chi connectivity index (χ2n) is 13.4. The van der Waals surface area contributed by atoms with Gasteiger partial charge in [0.15, 0.2) is 5.13 Å². The first kappa shape index (κ1) is 39.3. The van der Waals surface area contributed by atoms with Crippen molar-refractivity contribution in [3.8, 4) is 5.75 Å². The van der Waals surface area contributed by atoms with Gasteiger partial charge in [0.2, 0.25) is 17.7 Å². The van der Waals surface area contributed by atoms with Crippen LogP contribution in [0.1, 0.15) is 61.0 Å². The monoisotopic (exact) mass is 815 g/mol. The topological polar surface area (TPSA) is 205 Å². The van der Waals surface area contributed by atoms with E-state index < -0.39 is 29.7 Å². The van der Waals surface area contributed by atoms with E-state index in [9.17, 15) is 28.8 Å². The lowest BCUT2D eigenvalue weighted by Gasteiger charge is -2.35. The minimum atomic E-state index is -1.07. The molecule has 17 nitrogen and oxygen atoms in total. The maximum Gasteiger partial charge on any atom is 0.267 e. The summed E-state index contributed by atoms with van der Waals surface area (Å²) in [6.07, 6.45) is 1.74. The summed E-state index contributed by atoms with van der Waals surface area (Å²) in [5.74, 6) is -0.834. The molecule has 1 atom stereocenters. The number of benzene rings is 2. The lowest BCUT2D eigenvalue weighted by molar-refractivity contribution is -0.136. The number of amides is 6. The molecule has 2 saturated heterocycles. The molecule has 3 N–H and O–H groups in total. The molecule has 2 aromatic heterocycles. The van der Waals surface area contributed by atoms with Gasteiger partial charge in [0, 0.05) is 38.7 Å². The summed E-state index contributed by atoms with van der Waals surface area (Å²) in [6.45, 7) is 6.10. The molecule has 2 fully saturated rings. The summed E-state index contributed by atoms with van der Waals surface area (Å²) in [6, 6.07) is 10.8. The molecule has 0 saturated carbocycles. The molecule has 3 aliphatic rings. The predicted molar refractivity (Wildman–Crippen MR) is 209 cm³/mol. The number of rotatable bonds is 13. The van der Waals surface area contributed by atoms with Crippen LogP contribution in [-0.4, -0.2) is 112 Å². The van der Waals surface area contributed by atoms with E-state index in [4.69, 9.17) is 21.1 Å². The third kappa shape index (κ3) is 8.72. The number of para-hydroxylation sites is 1. The number of aromatic nitrogens is 3. The molecule has 2 aromatic carbocycles. The fraction of sp³-hybridized carbons (Fsp3) is 0.342. The van der Waals surface area contributed by atoms with Crippen LogP contribution < -0.4 is 25.6 Å². The molecule has 4 aromatic rings. The van der Waals surface area contributed by atoms with Crippen LogP contribution in [0.4, 0.5) is 22.5 Å². The molecule has 3 aliphatic heterocycles. The van der Waals surface area contributed by atoms with Crippen molar-refractivity contribution in [2.45, 2.75) is 39.2 Å². The van der Waals surface area contributed by atoms with Gasteiger partial charge in [0.1, 0.15) is 40.7 Å². The highest BCUT2D eigenvalue weighted by Crippen LogP contribution is 2.34. The first-order valence-corrected chi connectivity index (χ1v) is 19.4. The Labute approximate surface area is 335 Å². The van der Waals surface area contributed by atoms with Crippen molar-refractivity contribution >= 4 is 80.8 Å². The highest BCUT2D eigenvalue weighted by Gasteiger charge is 2.46. The molecular weight excluding hydrogens is 778 g/mol. The second-order valence-corrected chi connectivity index (χ2v) is 14.8. The molecule has 5 heterocycles. The fourth-order valence-corrected chi connectivity index (χ4v) is 7.70. The van der Waals surface area contributed by atoms with Crippen molar-refractivity contribution in [1.82, 2.24) is 30.1 Å². The van der Waals surface area contributed by atoms with Crippen LogP contribution in [0.3, 0.4) is 0 Å². The van der Waals surface area contributed by atoms with Gasteiger partial charge in [-0.2, -0.15) is 0 Å². The van der Waals surface area contributed by atoms with Gasteiger partial charge in [-0.1, -0.05) is 41.1 Å². The molecule has 57 heavy (non-hydrogen) atoms. The smallest absolute Gasteiger partial charge is 0.267 e. The molecule has 0 aliphatic carbocycles. The van der Waals surface area contributed by atoms with Gasteiger partial charge in [-0.3, -0.25) is 39.0 Å². The third-order valence-electron chi connectivity index (χ3n) is 9.58. The molecule has 0 bridgehead atoms. The Bertz CT molecular complexity index is 2240. The van der Waals surface area contributed by atoms with Crippen LogP contribution in [0, 0.1) is 13.8 Å². The zero-order valence-corrected chi connectivity index (χ0v) is 32.6. The van der Waals surface area contributed by atoms with Crippen LogP contribution in [-0.2, 0) is 19.1 Å². The normalized spacial score (nSPS) is 16.8. The summed E-state index contributed by atoms with van der Waals surface area (Å²) in [5.41, 5.74) is 1.58. The van der Waals surface area contributed by atoms with E-state index in [2.05, 4.69) is 35.8 Å². The van der Waals surface area contributed by atoms with Gasteiger partial charge < -0.3 is 29.9 Å². The zero-order chi connectivity index (χ0) is 40.2. The Kier molecular flexibility index (Phi) is 11.7. The molecule has 19 heteroatoms. The molecular formula is C38H38ClN9O8S. The van der Waals surface area contributed by atoms with E-state index in [-0.39, 0.29) is 67.8 Å². The average molecular weight is 816 g/mol. The van der Waals surface area contributed by atoms with E-state index >= 15 is 0 Å². The van der Waals surface area contributed by atoms with E-state index in [1.807, 2.05) is 19.1 Å². The molecule has 296 valence electrons. The Morgan fingerprint density at radius 2 is 1.77 bits per heavy atom. The minimum Gasteiger partial charge on any atom is -0.490 e. The summed E-state index contributed by atoms with van der Waals surface area (Å²) in [7, 11) is 0. The van der Waals surface area contributed by atoms with Crippen molar-refractivity contribution in [1.29, 1.82) is 0 Å². The third-order valence-corrected chi connectivity index (χ3v) is 10.8. The van der Waals surface area contributed by atoms with Gasteiger partial charge in [-0.05, 0) is 44.0 Å². The van der Waals surface area contributed by atoms with Crippen LogP contribution in [0.25, 0.3) is 0 Å². The minimum absolute atomic E-state index is 0.0269.